The van der Waals surface area contributed by atoms with Crippen molar-refractivity contribution in [3.63, 3.8) is 0 Å². The van der Waals surface area contributed by atoms with Gasteiger partial charge in [0.2, 0.25) is 0 Å². The average molecular weight is 308 g/mol. The van der Waals surface area contributed by atoms with E-state index in [1.54, 1.807) is 19.9 Å². The molecule has 114 valence electrons. The largest absolute Gasteiger partial charge is 0.313 e. The summed E-state index contributed by atoms with van der Waals surface area (Å²) < 4.78 is 27.5. The Labute approximate surface area is 125 Å². The molecule has 0 aliphatic rings. The van der Waals surface area contributed by atoms with Gasteiger partial charge >= 0.3 is 0 Å². The van der Waals surface area contributed by atoms with Crippen molar-refractivity contribution in [1.29, 1.82) is 0 Å². The van der Waals surface area contributed by atoms with Gasteiger partial charge in [0.25, 0.3) is 10.0 Å². The number of aryl methyl sites for hydroxylation is 2. The first-order chi connectivity index (χ1) is 9.94. The summed E-state index contributed by atoms with van der Waals surface area (Å²) in [6.45, 7) is 6.95. The Bertz CT molecular complexity index is 703. The molecule has 0 atom stereocenters. The summed E-state index contributed by atoms with van der Waals surface area (Å²) >= 11 is 0. The van der Waals surface area contributed by atoms with E-state index in [0.717, 1.165) is 12.1 Å². The topological polar surface area (TPSA) is 86.9 Å². The lowest BCUT2D eigenvalue weighted by atomic mass is 10.2. The molecule has 2 aromatic rings. The number of hydrogen-bond acceptors (Lipinski definition) is 4. The number of aromatic amines is 1. The zero-order valence-corrected chi connectivity index (χ0v) is 13.2. The van der Waals surface area contributed by atoms with E-state index < -0.39 is 10.0 Å². The van der Waals surface area contributed by atoms with Gasteiger partial charge in [-0.3, -0.25) is 9.82 Å². The quantitative estimate of drug-likeness (QED) is 0.761. The maximum absolute atomic E-state index is 12.4. The van der Waals surface area contributed by atoms with Crippen LogP contribution >= 0.6 is 0 Å². The van der Waals surface area contributed by atoms with Crippen LogP contribution in [0.1, 0.15) is 23.9 Å². The fraction of sp³-hybridized carbons (Fsp3) is 0.357. The smallest absolute Gasteiger partial charge is 0.265 e. The number of rotatable bonds is 6. The molecular formula is C14H20N4O2S. The molecule has 0 fully saturated rings. The van der Waals surface area contributed by atoms with Crippen LogP contribution in [-0.2, 0) is 16.6 Å². The van der Waals surface area contributed by atoms with E-state index >= 15 is 0 Å². The SMILES string of the molecule is CCNCc1cccc(NS(=O)(=O)c2c(C)n[nH]c2C)c1. The minimum absolute atomic E-state index is 0.208. The maximum atomic E-state index is 12.4. The molecule has 0 saturated heterocycles. The van der Waals surface area contributed by atoms with E-state index in [9.17, 15) is 8.42 Å². The molecule has 0 saturated carbocycles. The van der Waals surface area contributed by atoms with Crippen LogP contribution in [0.4, 0.5) is 5.69 Å². The summed E-state index contributed by atoms with van der Waals surface area (Å²) in [5, 5.41) is 9.83. The van der Waals surface area contributed by atoms with E-state index in [1.165, 1.54) is 0 Å². The molecule has 0 amide bonds. The summed E-state index contributed by atoms with van der Waals surface area (Å²) in [5.74, 6) is 0. The molecule has 7 heteroatoms. The summed E-state index contributed by atoms with van der Waals surface area (Å²) in [4.78, 5) is 0.208. The third-order valence-corrected chi connectivity index (χ3v) is 4.73. The van der Waals surface area contributed by atoms with Crippen molar-refractivity contribution in [2.75, 3.05) is 11.3 Å². The number of hydrogen-bond donors (Lipinski definition) is 3. The van der Waals surface area contributed by atoms with E-state index in [0.29, 0.717) is 23.6 Å². The highest BCUT2D eigenvalue weighted by Crippen LogP contribution is 2.21. The fourth-order valence-electron chi connectivity index (χ4n) is 2.16. The standard InChI is InChI=1S/C14H20N4O2S/c1-4-15-9-12-6-5-7-13(8-12)18-21(19,20)14-10(2)16-17-11(14)3/h5-8,15,18H,4,9H2,1-3H3,(H,16,17). The molecule has 1 aromatic heterocycles. The van der Waals surface area contributed by atoms with Gasteiger partial charge in [0.15, 0.2) is 0 Å². The van der Waals surface area contributed by atoms with Crippen LogP contribution in [0.5, 0.6) is 0 Å². The Morgan fingerprint density at radius 3 is 2.67 bits per heavy atom. The Balaban J connectivity index is 2.25. The zero-order chi connectivity index (χ0) is 15.5. The van der Waals surface area contributed by atoms with Gasteiger partial charge in [0.05, 0.1) is 11.4 Å². The monoisotopic (exact) mass is 308 g/mol. The van der Waals surface area contributed by atoms with Crippen molar-refractivity contribution >= 4 is 15.7 Å². The van der Waals surface area contributed by atoms with Gasteiger partial charge in [0, 0.05) is 12.2 Å². The number of benzene rings is 1. The van der Waals surface area contributed by atoms with Crippen molar-refractivity contribution in [2.24, 2.45) is 0 Å². The molecule has 0 spiro atoms. The van der Waals surface area contributed by atoms with Gasteiger partial charge in [-0.15, -0.1) is 0 Å². The summed E-state index contributed by atoms with van der Waals surface area (Å²) in [5.41, 5.74) is 2.57. The summed E-state index contributed by atoms with van der Waals surface area (Å²) in [6, 6.07) is 7.34. The maximum Gasteiger partial charge on any atom is 0.265 e. The highest BCUT2D eigenvalue weighted by molar-refractivity contribution is 7.92. The van der Waals surface area contributed by atoms with Crippen LogP contribution in [0.25, 0.3) is 0 Å². The highest BCUT2D eigenvalue weighted by Gasteiger charge is 2.22. The Kier molecular flexibility index (Phi) is 4.64. The first-order valence-electron chi connectivity index (χ1n) is 6.78. The zero-order valence-electron chi connectivity index (χ0n) is 12.4. The first kappa shape index (κ1) is 15.5. The number of sulfonamides is 1. The lowest BCUT2D eigenvalue weighted by molar-refractivity contribution is 0.600. The van der Waals surface area contributed by atoms with Crippen molar-refractivity contribution in [1.82, 2.24) is 15.5 Å². The number of nitrogens with one attached hydrogen (secondary N) is 3. The van der Waals surface area contributed by atoms with Crippen LogP contribution in [0.3, 0.4) is 0 Å². The Hall–Kier alpha value is -1.86. The second-order valence-corrected chi connectivity index (χ2v) is 6.47. The van der Waals surface area contributed by atoms with Crippen LogP contribution in [0, 0.1) is 13.8 Å². The molecule has 2 rings (SSSR count). The van der Waals surface area contributed by atoms with Crippen molar-refractivity contribution in [2.45, 2.75) is 32.2 Å². The molecular weight excluding hydrogens is 288 g/mol. The fourth-order valence-corrected chi connectivity index (χ4v) is 3.58. The van der Waals surface area contributed by atoms with Crippen molar-refractivity contribution in [3.05, 3.63) is 41.2 Å². The van der Waals surface area contributed by atoms with E-state index in [1.807, 2.05) is 25.1 Å². The van der Waals surface area contributed by atoms with Gasteiger partial charge in [-0.05, 0) is 38.1 Å². The average Bonchev–Trinajstić information content (AvgIpc) is 2.76. The number of nitrogens with zero attached hydrogens (tertiary/aromatic N) is 1. The molecule has 0 radical (unpaired) electrons. The predicted molar refractivity (Wildman–Crippen MR) is 82.7 cm³/mol. The van der Waals surface area contributed by atoms with E-state index in [2.05, 4.69) is 20.2 Å². The third-order valence-electron chi connectivity index (χ3n) is 3.09. The van der Waals surface area contributed by atoms with Gasteiger partial charge in [-0.2, -0.15) is 5.10 Å². The molecule has 1 heterocycles. The normalized spacial score (nSPS) is 11.6. The number of H-pyrrole nitrogens is 1. The highest BCUT2D eigenvalue weighted by atomic mass is 32.2. The Morgan fingerprint density at radius 1 is 1.29 bits per heavy atom. The molecule has 0 unspecified atom stereocenters. The minimum atomic E-state index is -3.63. The molecule has 6 nitrogen and oxygen atoms in total. The molecule has 3 N–H and O–H groups in total. The molecule has 0 bridgehead atoms. The van der Waals surface area contributed by atoms with Crippen LogP contribution in [0.2, 0.25) is 0 Å². The van der Waals surface area contributed by atoms with Crippen LogP contribution in [0.15, 0.2) is 29.2 Å². The third kappa shape index (κ3) is 3.62. The number of anilines is 1. The molecule has 0 aliphatic carbocycles. The minimum Gasteiger partial charge on any atom is -0.313 e. The first-order valence-corrected chi connectivity index (χ1v) is 8.26. The predicted octanol–water partition coefficient (Wildman–Crippen LogP) is 1.94. The van der Waals surface area contributed by atoms with Crippen LogP contribution < -0.4 is 10.0 Å². The van der Waals surface area contributed by atoms with Crippen LogP contribution in [-0.4, -0.2) is 25.2 Å². The van der Waals surface area contributed by atoms with Gasteiger partial charge in [-0.25, -0.2) is 8.42 Å². The van der Waals surface area contributed by atoms with Gasteiger partial charge in [0.1, 0.15) is 4.90 Å². The molecule has 1 aromatic carbocycles. The second-order valence-electron chi connectivity index (χ2n) is 4.85. The van der Waals surface area contributed by atoms with E-state index in [-0.39, 0.29) is 4.90 Å². The Morgan fingerprint density at radius 2 is 2.05 bits per heavy atom. The van der Waals surface area contributed by atoms with E-state index in [4.69, 9.17) is 0 Å². The molecule has 0 aliphatic heterocycles. The molecule has 21 heavy (non-hydrogen) atoms. The van der Waals surface area contributed by atoms with Gasteiger partial charge < -0.3 is 5.32 Å². The summed E-state index contributed by atoms with van der Waals surface area (Å²) in [7, 11) is -3.63. The number of aromatic nitrogens is 2. The lowest BCUT2D eigenvalue weighted by Gasteiger charge is -2.10. The van der Waals surface area contributed by atoms with Gasteiger partial charge in [-0.1, -0.05) is 19.1 Å². The van der Waals surface area contributed by atoms with Crippen molar-refractivity contribution in [3.8, 4) is 0 Å². The summed E-state index contributed by atoms with van der Waals surface area (Å²) in [6.07, 6.45) is 0. The second kappa shape index (κ2) is 6.28. The van der Waals surface area contributed by atoms with Crippen molar-refractivity contribution < 1.29 is 8.42 Å². The lowest BCUT2D eigenvalue weighted by Crippen LogP contribution is -2.15.